The van der Waals surface area contributed by atoms with Crippen molar-refractivity contribution in [1.29, 1.82) is 0 Å². The molecule has 0 saturated carbocycles. The summed E-state index contributed by atoms with van der Waals surface area (Å²) in [6.45, 7) is 8.58. The predicted molar refractivity (Wildman–Crippen MR) is 175 cm³/mol. The third-order valence-corrected chi connectivity index (χ3v) is 8.72. The molecule has 0 bridgehead atoms. The molecule has 4 heterocycles. The molecule has 2 atom stereocenters. The Hall–Kier alpha value is -3.63. The second kappa shape index (κ2) is 12.9. The summed E-state index contributed by atoms with van der Waals surface area (Å²) in [4.78, 5) is 9.23. The fourth-order valence-corrected chi connectivity index (χ4v) is 6.63. The number of methoxy groups -OCH3 is 1. The minimum atomic E-state index is -0.164. The number of anilines is 2. The minimum Gasteiger partial charge on any atom is -0.490 e. The van der Waals surface area contributed by atoms with E-state index in [1.54, 1.807) is 7.11 Å². The molecule has 4 aromatic rings. The van der Waals surface area contributed by atoms with Crippen molar-refractivity contribution in [2.75, 3.05) is 56.4 Å². The van der Waals surface area contributed by atoms with Gasteiger partial charge in [-0.05, 0) is 92.3 Å². The van der Waals surface area contributed by atoms with Crippen molar-refractivity contribution < 1.29 is 14.2 Å². The highest BCUT2D eigenvalue weighted by molar-refractivity contribution is 7.80. The zero-order valence-electron chi connectivity index (χ0n) is 24.6. The van der Waals surface area contributed by atoms with Crippen LogP contribution in [0.4, 0.5) is 11.4 Å². The van der Waals surface area contributed by atoms with Crippen LogP contribution in [0.5, 0.6) is 5.75 Å². The molecule has 0 amide bonds. The quantitative estimate of drug-likeness (QED) is 0.176. The molecule has 0 radical (unpaired) electrons. The van der Waals surface area contributed by atoms with Crippen LogP contribution in [0.25, 0.3) is 5.69 Å². The Bertz CT molecular complexity index is 1570. The number of rotatable bonds is 9. The molecular weight excluding hydrogens is 582 g/mol. The van der Waals surface area contributed by atoms with Gasteiger partial charge < -0.3 is 33.9 Å². The largest absolute Gasteiger partial charge is 0.490 e. The maximum Gasteiger partial charge on any atom is 0.174 e. The van der Waals surface area contributed by atoms with Crippen LogP contribution < -0.4 is 19.9 Å². The van der Waals surface area contributed by atoms with Crippen molar-refractivity contribution in [3.8, 4) is 11.4 Å². The molecule has 1 N–H and O–H groups in total. The van der Waals surface area contributed by atoms with E-state index in [1.807, 2.05) is 42.6 Å². The molecule has 2 aliphatic heterocycles. The standard InChI is InChI=1S/C33H36ClN5O3S/c1-22-20-27(23(2)38(22)25-9-7-24(8-10-25)37-14-16-41-17-15-37)32-31(29-6-4-5-13-35-29)36-33(43)39(32)26-11-12-30(28(34)21-26)42-19-18-40-3/h4-13,20-21,31-32H,14-19H2,1-3H3,(H,36,43). The fourth-order valence-electron chi connectivity index (χ4n) is 6.06. The SMILES string of the molecule is COCCOc1ccc(N2C(=S)NC(c3ccccn3)C2c2cc(C)n(-c3ccc(N4CCOCC4)cc3)c2C)cc1Cl. The van der Waals surface area contributed by atoms with E-state index in [9.17, 15) is 0 Å². The number of benzene rings is 2. The Morgan fingerprint density at radius 2 is 1.72 bits per heavy atom. The van der Waals surface area contributed by atoms with Crippen molar-refractivity contribution in [2.24, 2.45) is 0 Å². The highest BCUT2D eigenvalue weighted by atomic mass is 35.5. The molecule has 43 heavy (non-hydrogen) atoms. The number of thiocarbonyl (C=S) groups is 1. The van der Waals surface area contributed by atoms with Crippen molar-refractivity contribution in [1.82, 2.24) is 14.9 Å². The normalized spacial score (nSPS) is 18.7. The van der Waals surface area contributed by atoms with E-state index in [1.165, 1.54) is 5.69 Å². The lowest BCUT2D eigenvalue weighted by atomic mass is 9.96. The topological polar surface area (TPSA) is 64.0 Å². The predicted octanol–water partition coefficient (Wildman–Crippen LogP) is 6.18. The summed E-state index contributed by atoms with van der Waals surface area (Å²) >= 11 is 12.7. The van der Waals surface area contributed by atoms with E-state index in [-0.39, 0.29) is 12.1 Å². The highest BCUT2D eigenvalue weighted by Crippen LogP contribution is 2.45. The molecule has 10 heteroatoms. The first-order valence-corrected chi connectivity index (χ1v) is 15.3. The van der Waals surface area contributed by atoms with Gasteiger partial charge in [0.2, 0.25) is 0 Å². The fraction of sp³-hybridized carbons (Fsp3) is 0.333. The smallest absolute Gasteiger partial charge is 0.174 e. The van der Waals surface area contributed by atoms with Crippen LogP contribution in [0.3, 0.4) is 0 Å². The third-order valence-electron chi connectivity index (χ3n) is 8.11. The Balaban J connectivity index is 1.38. The van der Waals surface area contributed by atoms with Crippen molar-refractivity contribution in [3.05, 3.63) is 101 Å². The van der Waals surface area contributed by atoms with Gasteiger partial charge >= 0.3 is 0 Å². The maximum atomic E-state index is 6.71. The Labute approximate surface area is 263 Å². The number of pyridine rings is 1. The lowest BCUT2D eigenvalue weighted by molar-refractivity contribution is 0.122. The molecule has 6 rings (SSSR count). The minimum absolute atomic E-state index is 0.161. The number of nitrogens with one attached hydrogen (secondary N) is 1. The molecule has 2 aromatic heterocycles. The Morgan fingerprint density at radius 3 is 2.42 bits per heavy atom. The first kappa shape index (κ1) is 29.4. The molecule has 224 valence electrons. The maximum absolute atomic E-state index is 6.71. The number of halogens is 1. The van der Waals surface area contributed by atoms with Crippen molar-refractivity contribution >= 4 is 40.3 Å². The van der Waals surface area contributed by atoms with Crippen molar-refractivity contribution in [3.63, 3.8) is 0 Å². The van der Waals surface area contributed by atoms with Gasteiger partial charge in [0.25, 0.3) is 0 Å². The van der Waals surface area contributed by atoms with Gasteiger partial charge in [-0.2, -0.15) is 0 Å². The summed E-state index contributed by atoms with van der Waals surface area (Å²) in [5, 5.41) is 4.69. The van der Waals surface area contributed by atoms with Crippen LogP contribution in [0.1, 0.15) is 34.7 Å². The lowest BCUT2D eigenvalue weighted by Crippen LogP contribution is -2.36. The van der Waals surface area contributed by atoms with E-state index in [2.05, 4.69) is 63.9 Å². The lowest BCUT2D eigenvalue weighted by Gasteiger charge is -2.29. The van der Waals surface area contributed by atoms with E-state index < -0.39 is 0 Å². The summed E-state index contributed by atoms with van der Waals surface area (Å²) in [7, 11) is 1.64. The zero-order chi connectivity index (χ0) is 29.9. The molecule has 0 spiro atoms. The van der Waals surface area contributed by atoms with Gasteiger partial charge in [-0.1, -0.05) is 17.7 Å². The second-order valence-electron chi connectivity index (χ2n) is 10.7. The molecule has 2 unspecified atom stereocenters. The number of aromatic nitrogens is 2. The monoisotopic (exact) mass is 617 g/mol. The van der Waals surface area contributed by atoms with Gasteiger partial charge in [-0.25, -0.2) is 0 Å². The summed E-state index contributed by atoms with van der Waals surface area (Å²) < 4.78 is 18.8. The third kappa shape index (κ3) is 5.95. The number of hydrogen-bond acceptors (Lipinski definition) is 6. The molecule has 8 nitrogen and oxygen atoms in total. The summed E-state index contributed by atoms with van der Waals surface area (Å²) in [6, 6.07) is 22.5. The first-order valence-electron chi connectivity index (χ1n) is 14.5. The van der Waals surface area contributed by atoms with Crippen LogP contribution >= 0.6 is 23.8 Å². The number of aryl methyl sites for hydroxylation is 1. The number of ether oxygens (including phenoxy) is 3. The molecule has 0 aliphatic carbocycles. The van der Waals surface area contributed by atoms with E-state index in [4.69, 9.17) is 43.0 Å². The summed E-state index contributed by atoms with van der Waals surface area (Å²) in [5.74, 6) is 0.608. The number of morpholine rings is 1. The van der Waals surface area contributed by atoms with Gasteiger partial charge in [0, 0.05) is 54.8 Å². The van der Waals surface area contributed by atoms with Crippen LogP contribution in [0, 0.1) is 13.8 Å². The van der Waals surface area contributed by atoms with Gasteiger partial charge in [0.05, 0.1) is 42.6 Å². The van der Waals surface area contributed by atoms with Crippen LogP contribution in [-0.4, -0.2) is 61.3 Å². The molecule has 2 aromatic carbocycles. The van der Waals surface area contributed by atoms with Crippen LogP contribution in [0.15, 0.2) is 72.9 Å². The molecule has 2 fully saturated rings. The Kier molecular flexibility index (Phi) is 8.85. The van der Waals surface area contributed by atoms with Crippen LogP contribution in [0.2, 0.25) is 5.02 Å². The molecule has 2 saturated heterocycles. The first-order chi connectivity index (χ1) is 21.0. The Morgan fingerprint density at radius 1 is 0.977 bits per heavy atom. The highest BCUT2D eigenvalue weighted by Gasteiger charge is 2.42. The number of hydrogen-bond donors (Lipinski definition) is 1. The van der Waals surface area contributed by atoms with E-state index in [0.717, 1.165) is 60.3 Å². The van der Waals surface area contributed by atoms with Crippen LogP contribution in [-0.2, 0) is 9.47 Å². The summed E-state index contributed by atoms with van der Waals surface area (Å²) in [5.41, 5.74) is 7.58. The summed E-state index contributed by atoms with van der Waals surface area (Å²) in [6.07, 6.45) is 1.82. The van der Waals surface area contributed by atoms with Crippen molar-refractivity contribution in [2.45, 2.75) is 25.9 Å². The second-order valence-corrected chi connectivity index (χ2v) is 11.5. The zero-order valence-corrected chi connectivity index (χ0v) is 26.2. The average molecular weight is 618 g/mol. The van der Waals surface area contributed by atoms with E-state index >= 15 is 0 Å². The van der Waals surface area contributed by atoms with Gasteiger partial charge in [-0.15, -0.1) is 0 Å². The van der Waals surface area contributed by atoms with Gasteiger partial charge in [-0.3, -0.25) is 4.98 Å². The van der Waals surface area contributed by atoms with Gasteiger partial charge in [0.15, 0.2) is 5.11 Å². The molecule has 2 aliphatic rings. The molecular formula is C33H36ClN5O3S. The van der Waals surface area contributed by atoms with Gasteiger partial charge in [0.1, 0.15) is 12.4 Å². The average Bonchev–Trinajstić information content (AvgIpc) is 3.53. The van der Waals surface area contributed by atoms with E-state index in [0.29, 0.717) is 29.1 Å². The number of nitrogens with zero attached hydrogens (tertiary/aromatic N) is 4.